The van der Waals surface area contributed by atoms with Gasteiger partial charge in [-0.25, -0.2) is 8.78 Å². The fourth-order valence-electron chi connectivity index (χ4n) is 1.74. The summed E-state index contributed by atoms with van der Waals surface area (Å²) in [6.45, 7) is -0.610. The zero-order valence-electron chi connectivity index (χ0n) is 12.6. The van der Waals surface area contributed by atoms with Crippen LogP contribution in [0.5, 0.6) is 5.75 Å². The van der Waals surface area contributed by atoms with Gasteiger partial charge in [0.25, 0.3) is 5.91 Å². The quantitative estimate of drug-likeness (QED) is 0.667. The Bertz CT molecular complexity index is 803. The number of benzene rings is 2. The molecule has 2 N–H and O–H groups in total. The number of carbonyl (C=O) groups excluding carboxylic acids is 2. The third-order valence-electron chi connectivity index (χ3n) is 2.90. The van der Waals surface area contributed by atoms with Crippen molar-refractivity contribution in [2.24, 2.45) is 0 Å². The van der Waals surface area contributed by atoms with E-state index in [9.17, 15) is 18.4 Å². The molecule has 2 aromatic carbocycles. The highest BCUT2D eigenvalue weighted by molar-refractivity contribution is 9.11. The summed E-state index contributed by atoms with van der Waals surface area (Å²) in [5.41, 5.74) is 0.0909. The largest absolute Gasteiger partial charge is 0.483 e. The van der Waals surface area contributed by atoms with E-state index < -0.39 is 23.4 Å². The fraction of sp³-hybridized carbons (Fsp3) is 0.125. The predicted molar refractivity (Wildman–Crippen MR) is 95.3 cm³/mol. The summed E-state index contributed by atoms with van der Waals surface area (Å²) in [5, 5.41) is 4.70. The second-order valence-electron chi connectivity index (χ2n) is 4.82. The molecular weight excluding hydrogens is 466 g/mol. The number of anilines is 1. The van der Waals surface area contributed by atoms with Crippen LogP contribution in [0.4, 0.5) is 14.5 Å². The normalized spacial score (nSPS) is 10.2. The molecule has 0 spiro atoms. The molecule has 0 aliphatic heterocycles. The number of carbonyl (C=O) groups is 2. The zero-order chi connectivity index (χ0) is 18.4. The minimum atomic E-state index is -1.07. The number of rotatable bonds is 6. The van der Waals surface area contributed by atoms with Crippen LogP contribution >= 0.6 is 31.9 Å². The van der Waals surface area contributed by atoms with Gasteiger partial charge in [0.15, 0.2) is 18.2 Å². The average Bonchev–Trinajstić information content (AvgIpc) is 2.55. The van der Waals surface area contributed by atoms with E-state index >= 15 is 0 Å². The van der Waals surface area contributed by atoms with Crippen molar-refractivity contribution in [2.75, 3.05) is 18.5 Å². The monoisotopic (exact) mass is 476 g/mol. The van der Waals surface area contributed by atoms with Crippen LogP contribution in [0.15, 0.2) is 45.3 Å². The van der Waals surface area contributed by atoms with Gasteiger partial charge in [0, 0.05) is 16.2 Å². The van der Waals surface area contributed by atoms with Gasteiger partial charge >= 0.3 is 0 Å². The first-order chi connectivity index (χ1) is 11.8. The number of nitrogens with one attached hydrogen (secondary N) is 2. The number of ether oxygens (including phenoxy) is 1. The van der Waals surface area contributed by atoms with Crippen molar-refractivity contribution in [2.45, 2.75) is 0 Å². The van der Waals surface area contributed by atoms with Crippen LogP contribution in [-0.4, -0.2) is 25.0 Å². The van der Waals surface area contributed by atoms with Gasteiger partial charge in [-0.3, -0.25) is 9.59 Å². The van der Waals surface area contributed by atoms with E-state index in [1.165, 1.54) is 6.07 Å². The Labute approximate surface area is 159 Å². The van der Waals surface area contributed by atoms with E-state index in [2.05, 4.69) is 42.5 Å². The highest BCUT2D eigenvalue weighted by Crippen LogP contribution is 2.28. The van der Waals surface area contributed by atoms with E-state index in [-0.39, 0.29) is 18.8 Å². The van der Waals surface area contributed by atoms with Crippen LogP contribution in [0.3, 0.4) is 0 Å². The Hall–Kier alpha value is -2.00. The molecule has 2 rings (SSSR count). The maximum atomic E-state index is 13.0. The van der Waals surface area contributed by atoms with Crippen LogP contribution < -0.4 is 15.4 Å². The first-order valence-electron chi connectivity index (χ1n) is 6.94. The number of hydrogen-bond acceptors (Lipinski definition) is 3. The van der Waals surface area contributed by atoms with Gasteiger partial charge in [-0.05, 0) is 46.3 Å². The Morgan fingerprint density at radius 3 is 2.44 bits per heavy atom. The standard InChI is InChI=1S/C16H12Br2F2N2O3/c17-9-1-4-14(11(18)5-9)25-8-16(24)21-7-15(23)22-10-2-3-12(19)13(20)6-10/h1-6H,7-8H2,(H,21,24)(H,22,23). The fourth-order valence-corrected chi connectivity index (χ4v) is 2.91. The Balaban J connectivity index is 1.77. The van der Waals surface area contributed by atoms with Gasteiger partial charge in [0.1, 0.15) is 5.75 Å². The molecule has 132 valence electrons. The lowest BCUT2D eigenvalue weighted by Crippen LogP contribution is -2.35. The number of hydrogen-bond donors (Lipinski definition) is 2. The lowest BCUT2D eigenvalue weighted by molar-refractivity contribution is -0.125. The summed E-state index contributed by atoms with van der Waals surface area (Å²) >= 11 is 6.60. The molecule has 0 bridgehead atoms. The van der Waals surface area contributed by atoms with Gasteiger partial charge in [-0.15, -0.1) is 0 Å². The Morgan fingerprint density at radius 1 is 1.00 bits per heavy atom. The van der Waals surface area contributed by atoms with Crippen LogP contribution in [-0.2, 0) is 9.59 Å². The van der Waals surface area contributed by atoms with E-state index in [0.717, 1.165) is 16.6 Å². The summed E-state index contributed by atoms with van der Waals surface area (Å²) in [6.07, 6.45) is 0. The lowest BCUT2D eigenvalue weighted by atomic mass is 10.3. The third kappa shape index (κ3) is 6.09. The molecule has 0 aromatic heterocycles. The molecule has 0 radical (unpaired) electrons. The van der Waals surface area contributed by atoms with E-state index in [4.69, 9.17) is 4.74 Å². The van der Waals surface area contributed by atoms with Crippen molar-refractivity contribution >= 4 is 49.4 Å². The van der Waals surface area contributed by atoms with Crippen molar-refractivity contribution in [1.29, 1.82) is 0 Å². The minimum Gasteiger partial charge on any atom is -0.483 e. The number of amides is 2. The Kier molecular flexibility index (Phi) is 6.89. The molecule has 0 aliphatic carbocycles. The van der Waals surface area contributed by atoms with Crippen molar-refractivity contribution in [3.05, 3.63) is 57.0 Å². The maximum absolute atomic E-state index is 13.0. The summed E-state index contributed by atoms with van der Waals surface area (Å²) in [7, 11) is 0. The zero-order valence-corrected chi connectivity index (χ0v) is 15.8. The molecule has 0 heterocycles. The molecule has 0 aliphatic rings. The van der Waals surface area contributed by atoms with Gasteiger partial charge in [-0.1, -0.05) is 15.9 Å². The number of halogens is 4. The summed E-state index contributed by atoms with van der Waals surface area (Å²) < 4.78 is 32.7. The van der Waals surface area contributed by atoms with Crippen molar-refractivity contribution < 1.29 is 23.1 Å². The van der Waals surface area contributed by atoms with Crippen LogP contribution in [0.25, 0.3) is 0 Å². The average molecular weight is 478 g/mol. The molecule has 25 heavy (non-hydrogen) atoms. The topological polar surface area (TPSA) is 67.4 Å². The van der Waals surface area contributed by atoms with Crippen LogP contribution in [0.1, 0.15) is 0 Å². The van der Waals surface area contributed by atoms with Gasteiger partial charge in [0.05, 0.1) is 11.0 Å². The molecule has 0 unspecified atom stereocenters. The SMILES string of the molecule is O=C(COc1ccc(Br)cc1Br)NCC(=O)Nc1ccc(F)c(F)c1. The van der Waals surface area contributed by atoms with Gasteiger partial charge < -0.3 is 15.4 Å². The molecular formula is C16H12Br2F2N2O3. The molecule has 0 fully saturated rings. The van der Waals surface area contributed by atoms with Crippen LogP contribution in [0, 0.1) is 11.6 Å². The summed E-state index contributed by atoms with van der Waals surface area (Å²) in [5.74, 6) is -2.69. The molecule has 0 atom stereocenters. The smallest absolute Gasteiger partial charge is 0.258 e. The van der Waals surface area contributed by atoms with E-state index in [1.807, 2.05) is 0 Å². The highest BCUT2D eigenvalue weighted by atomic mass is 79.9. The second-order valence-corrected chi connectivity index (χ2v) is 6.59. The van der Waals surface area contributed by atoms with Crippen molar-refractivity contribution in [3.63, 3.8) is 0 Å². The molecule has 0 saturated carbocycles. The first kappa shape index (κ1) is 19.3. The van der Waals surface area contributed by atoms with Crippen molar-refractivity contribution in [1.82, 2.24) is 5.32 Å². The first-order valence-corrected chi connectivity index (χ1v) is 8.53. The third-order valence-corrected chi connectivity index (χ3v) is 4.02. The molecule has 2 amide bonds. The predicted octanol–water partition coefficient (Wildman–Crippen LogP) is 3.62. The van der Waals surface area contributed by atoms with Gasteiger partial charge in [-0.2, -0.15) is 0 Å². The molecule has 0 saturated heterocycles. The highest BCUT2D eigenvalue weighted by Gasteiger charge is 2.10. The second kappa shape index (κ2) is 8.91. The van der Waals surface area contributed by atoms with E-state index in [1.54, 1.807) is 18.2 Å². The van der Waals surface area contributed by atoms with Crippen molar-refractivity contribution in [3.8, 4) is 5.75 Å². The molecule has 2 aromatic rings. The molecule has 9 heteroatoms. The summed E-state index contributed by atoms with van der Waals surface area (Å²) in [6, 6.07) is 8.16. The minimum absolute atomic E-state index is 0.0909. The lowest BCUT2D eigenvalue weighted by Gasteiger charge is -2.09. The Morgan fingerprint density at radius 2 is 1.76 bits per heavy atom. The maximum Gasteiger partial charge on any atom is 0.258 e. The van der Waals surface area contributed by atoms with E-state index in [0.29, 0.717) is 10.2 Å². The van der Waals surface area contributed by atoms with Crippen LogP contribution in [0.2, 0.25) is 0 Å². The summed E-state index contributed by atoms with van der Waals surface area (Å²) in [4.78, 5) is 23.4. The van der Waals surface area contributed by atoms with Gasteiger partial charge in [0.2, 0.25) is 5.91 Å². The molecule has 5 nitrogen and oxygen atoms in total.